The lowest BCUT2D eigenvalue weighted by Gasteiger charge is -2.25. The van der Waals surface area contributed by atoms with E-state index >= 15 is 0 Å². The van der Waals surface area contributed by atoms with Crippen molar-refractivity contribution < 1.29 is 5.11 Å². The second-order valence-corrected chi connectivity index (χ2v) is 3.22. The first-order valence-electron chi connectivity index (χ1n) is 4.32. The predicted octanol–water partition coefficient (Wildman–Crippen LogP) is 2.15. The van der Waals surface area contributed by atoms with Gasteiger partial charge in [0.25, 0.3) is 0 Å². The molecule has 0 amide bonds. The molecule has 0 bridgehead atoms. The van der Waals surface area contributed by atoms with Crippen molar-refractivity contribution in [3.63, 3.8) is 0 Å². The van der Waals surface area contributed by atoms with Crippen LogP contribution in [0.25, 0.3) is 0 Å². The average molecular weight is 141 g/mol. The number of aliphatic hydroxyl groups is 1. The maximum absolute atomic E-state index is 9.43. The van der Waals surface area contributed by atoms with E-state index in [0.717, 1.165) is 0 Å². The number of hydrogen-bond acceptors (Lipinski definition) is 1. The Morgan fingerprint density at radius 3 is 2.40 bits per heavy atom. The highest BCUT2D eigenvalue weighted by atomic mass is 16.3. The van der Waals surface area contributed by atoms with E-state index in [4.69, 9.17) is 0 Å². The summed E-state index contributed by atoms with van der Waals surface area (Å²) >= 11 is 0. The summed E-state index contributed by atoms with van der Waals surface area (Å²) in [6, 6.07) is 0. The van der Waals surface area contributed by atoms with Crippen molar-refractivity contribution in [2.75, 3.05) is 0 Å². The molecule has 1 radical (unpaired) electrons. The average Bonchev–Trinajstić information content (AvgIpc) is 2.05. The van der Waals surface area contributed by atoms with Gasteiger partial charge in [0.1, 0.15) is 0 Å². The zero-order valence-corrected chi connectivity index (χ0v) is 6.71. The van der Waals surface area contributed by atoms with Gasteiger partial charge in [0, 0.05) is 0 Å². The van der Waals surface area contributed by atoms with E-state index in [-0.39, 0.29) is 6.10 Å². The van der Waals surface area contributed by atoms with E-state index in [9.17, 15) is 5.11 Å². The van der Waals surface area contributed by atoms with Crippen LogP contribution in [0.4, 0.5) is 0 Å². The first-order valence-corrected chi connectivity index (χ1v) is 4.32. The molecular weight excluding hydrogens is 124 g/mol. The third kappa shape index (κ3) is 1.98. The molecule has 1 atom stereocenters. The quantitative estimate of drug-likeness (QED) is 0.624. The van der Waals surface area contributed by atoms with E-state index in [0.29, 0.717) is 5.92 Å². The number of hydrogen-bond donors (Lipinski definition) is 1. The maximum Gasteiger partial charge on any atom is 0.0597 e. The molecule has 1 aliphatic rings. The van der Waals surface area contributed by atoms with Gasteiger partial charge in [0.15, 0.2) is 0 Å². The normalized spacial score (nSPS) is 24.6. The van der Waals surface area contributed by atoms with Gasteiger partial charge in [-0.3, -0.25) is 0 Å². The van der Waals surface area contributed by atoms with Crippen molar-refractivity contribution in [1.29, 1.82) is 0 Å². The van der Waals surface area contributed by atoms with Crippen molar-refractivity contribution in [2.24, 2.45) is 5.92 Å². The van der Waals surface area contributed by atoms with Crippen molar-refractivity contribution in [2.45, 2.75) is 45.1 Å². The van der Waals surface area contributed by atoms with E-state index in [1.54, 1.807) is 0 Å². The van der Waals surface area contributed by atoms with Crippen LogP contribution in [0.2, 0.25) is 0 Å². The molecule has 1 rings (SSSR count). The van der Waals surface area contributed by atoms with Crippen LogP contribution in [0.15, 0.2) is 0 Å². The summed E-state index contributed by atoms with van der Waals surface area (Å²) in [5.74, 6) is 0.568. The molecule has 1 heteroatoms. The lowest BCUT2D eigenvalue weighted by atomic mass is 9.84. The molecule has 1 saturated carbocycles. The summed E-state index contributed by atoms with van der Waals surface area (Å²) in [6.45, 7) is 1.94. The molecule has 0 aromatic carbocycles. The topological polar surface area (TPSA) is 20.2 Å². The molecule has 1 aliphatic carbocycles. The van der Waals surface area contributed by atoms with Crippen molar-refractivity contribution in [3.05, 3.63) is 6.42 Å². The molecule has 1 nitrogen and oxygen atoms in total. The van der Waals surface area contributed by atoms with Gasteiger partial charge >= 0.3 is 0 Å². The molecule has 10 heavy (non-hydrogen) atoms. The molecule has 0 heterocycles. The van der Waals surface area contributed by atoms with Crippen LogP contribution >= 0.6 is 0 Å². The Bertz CT molecular complexity index is 84.7. The van der Waals surface area contributed by atoms with Crippen molar-refractivity contribution >= 4 is 0 Å². The third-order valence-electron chi connectivity index (χ3n) is 2.47. The van der Waals surface area contributed by atoms with Crippen LogP contribution in [0.3, 0.4) is 0 Å². The summed E-state index contributed by atoms with van der Waals surface area (Å²) in [5, 5.41) is 9.43. The molecule has 0 aromatic rings. The van der Waals surface area contributed by atoms with Crippen LogP contribution in [0.5, 0.6) is 0 Å². The monoisotopic (exact) mass is 141 g/mol. The molecule has 0 aliphatic heterocycles. The molecule has 0 spiro atoms. The van der Waals surface area contributed by atoms with Crippen LogP contribution in [-0.2, 0) is 0 Å². The lowest BCUT2D eigenvalue weighted by Crippen LogP contribution is -2.22. The zero-order valence-electron chi connectivity index (χ0n) is 6.71. The predicted molar refractivity (Wildman–Crippen MR) is 42.6 cm³/mol. The fraction of sp³-hybridized carbons (Fsp3) is 0.889. The van der Waals surface area contributed by atoms with Crippen molar-refractivity contribution in [1.82, 2.24) is 0 Å². The summed E-state index contributed by atoms with van der Waals surface area (Å²) in [7, 11) is 0. The minimum absolute atomic E-state index is 0.139. The smallest absolute Gasteiger partial charge is 0.0597 e. The summed E-state index contributed by atoms with van der Waals surface area (Å²) in [4.78, 5) is 0. The Balaban J connectivity index is 2.24. The van der Waals surface area contributed by atoms with E-state index in [1.165, 1.54) is 32.1 Å². The fourth-order valence-corrected chi connectivity index (χ4v) is 1.75. The Morgan fingerprint density at radius 2 is 1.90 bits per heavy atom. The second-order valence-electron chi connectivity index (χ2n) is 3.22. The Kier molecular flexibility index (Phi) is 3.20. The zero-order chi connectivity index (χ0) is 7.40. The number of aliphatic hydroxyl groups excluding tert-OH is 1. The number of rotatable bonds is 2. The van der Waals surface area contributed by atoms with E-state index < -0.39 is 0 Å². The van der Waals surface area contributed by atoms with Gasteiger partial charge in [-0.05, 0) is 25.2 Å². The summed E-state index contributed by atoms with van der Waals surface area (Å²) in [5.41, 5.74) is 0. The van der Waals surface area contributed by atoms with Crippen LogP contribution in [0, 0.1) is 12.3 Å². The molecule has 1 unspecified atom stereocenters. The minimum atomic E-state index is -0.139. The first kappa shape index (κ1) is 8.06. The van der Waals surface area contributed by atoms with Crippen LogP contribution in [0.1, 0.15) is 39.0 Å². The van der Waals surface area contributed by atoms with E-state index in [1.807, 2.05) is 13.3 Å². The maximum atomic E-state index is 9.43. The SMILES string of the molecule is C[CH]C(O)C1CCCCC1. The first-order chi connectivity index (χ1) is 4.84. The second kappa shape index (κ2) is 3.97. The molecule has 0 aromatic heterocycles. The highest BCUT2D eigenvalue weighted by molar-refractivity contribution is 4.80. The minimum Gasteiger partial charge on any atom is -0.393 e. The van der Waals surface area contributed by atoms with Gasteiger partial charge in [-0.1, -0.05) is 26.2 Å². The van der Waals surface area contributed by atoms with Gasteiger partial charge < -0.3 is 5.11 Å². The van der Waals surface area contributed by atoms with E-state index in [2.05, 4.69) is 0 Å². The molecule has 1 N–H and O–H groups in total. The van der Waals surface area contributed by atoms with Crippen molar-refractivity contribution in [3.8, 4) is 0 Å². The van der Waals surface area contributed by atoms with Gasteiger partial charge in [0.2, 0.25) is 0 Å². The Labute approximate surface area is 63.4 Å². The highest BCUT2D eigenvalue weighted by Crippen LogP contribution is 2.26. The van der Waals surface area contributed by atoms with Crippen LogP contribution in [-0.4, -0.2) is 11.2 Å². The fourth-order valence-electron chi connectivity index (χ4n) is 1.75. The molecule has 1 fully saturated rings. The van der Waals surface area contributed by atoms with Gasteiger partial charge in [-0.2, -0.15) is 0 Å². The summed E-state index contributed by atoms with van der Waals surface area (Å²) < 4.78 is 0. The van der Waals surface area contributed by atoms with Gasteiger partial charge in [-0.15, -0.1) is 0 Å². The third-order valence-corrected chi connectivity index (χ3v) is 2.47. The standard InChI is InChI=1S/C9H17O/c1-2-9(10)8-6-4-3-5-7-8/h2,8-10H,3-7H2,1H3. The summed E-state index contributed by atoms with van der Waals surface area (Å²) in [6.07, 6.45) is 8.23. The van der Waals surface area contributed by atoms with Gasteiger partial charge in [0.05, 0.1) is 6.10 Å². The highest BCUT2D eigenvalue weighted by Gasteiger charge is 2.19. The van der Waals surface area contributed by atoms with Crippen LogP contribution < -0.4 is 0 Å². The van der Waals surface area contributed by atoms with Gasteiger partial charge in [-0.25, -0.2) is 0 Å². The molecular formula is C9H17O. The Morgan fingerprint density at radius 1 is 1.30 bits per heavy atom. The molecule has 59 valence electrons. The molecule has 0 saturated heterocycles. The lowest BCUT2D eigenvalue weighted by molar-refractivity contribution is 0.112. The largest absolute Gasteiger partial charge is 0.393 e. The Hall–Kier alpha value is -0.0400.